The average Bonchev–Trinajstić information content (AvgIpc) is 2.65. The Morgan fingerprint density at radius 1 is 1.14 bits per heavy atom. The van der Waals surface area contributed by atoms with Gasteiger partial charge in [-0.25, -0.2) is 4.39 Å². The Morgan fingerprint density at radius 2 is 1.86 bits per heavy atom. The monoisotopic (exact) mass is 441 g/mol. The van der Waals surface area contributed by atoms with Gasteiger partial charge in [-0.05, 0) is 36.4 Å². The van der Waals surface area contributed by atoms with Crippen molar-refractivity contribution in [2.45, 2.75) is 4.33 Å². The topological polar surface area (TPSA) is 89.3 Å². The fourth-order valence-corrected chi connectivity index (χ4v) is 2.54. The highest BCUT2D eigenvalue weighted by molar-refractivity contribution is 6.49. The lowest BCUT2D eigenvalue weighted by Gasteiger charge is -2.22. The lowest BCUT2D eigenvalue weighted by molar-refractivity contribution is 0.0952. The molecular weight excluding hydrogens is 428 g/mol. The summed E-state index contributed by atoms with van der Waals surface area (Å²) in [4.78, 5) is 15.7. The lowest BCUT2D eigenvalue weighted by Crippen LogP contribution is -2.45. The molecule has 0 spiro atoms. The van der Waals surface area contributed by atoms with Crippen molar-refractivity contribution in [2.24, 2.45) is 4.99 Å². The largest absolute Gasteiger partial charge is 0.352 e. The number of benzene rings is 2. The minimum absolute atomic E-state index is 0.0277. The van der Waals surface area contributed by atoms with Gasteiger partial charge in [0.2, 0.25) is 12.2 Å². The zero-order valence-electron chi connectivity index (χ0n) is 14.3. The number of halogens is 4. The van der Waals surface area contributed by atoms with Crippen LogP contribution in [0.5, 0.6) is 0 Å². The van der Waals surface area contributed by atoms with E-state index in [0.29, 0.717) is 16.3 Å². The molecule has 0 unspecified atom stereocenters. The van der Waals surface area contributed by atoms with Gasteiger partial charge in [0, 0.05) is 16.3 Å². The average molecular weight is 443 g/mol. The van der Waals surface area contributed by atoms with Crippen molar-refractivity contribution < 1.29 is 9.18 Å². The Morgan fingerprint density at radius 3 is 2.54 bits per heavy atom. The molecule has 0 heterocycles. The first-order valence-electron chi connectivity index (χ1n) is 7.94. The minimum Gasteiger partial charge on any atom is -0.352 e. The summed E-state index contributed by atoms with van der Waals surface area (Å²) in [5, 5.41) is 17.3. The Labute approximate surface area is 176 Å². The molecule has 0 aliphatic heterocycles. The SMILES string of the molecule is N#CN=C(NCC(Cl)(Cl)CNC(=O)c1cccc(Cl)c1)Nc1cccc(F)c1. The number of nitrogens with zero attached hydrogens (tertiary/aromatic N) is 2. The number of alkyl halides is 2. The predicted octanol–water partition coefficient (Wildman–Crippen LogP) is 3.92. The molecule has 1 amide bonds. The van der Waals surface area contributed by atoms with Crippen LogP contribution < -0.4 is 16.0 Å². The fourth-order valence-electron chi connectivity index (χ4n) is 2.08. The summed E-state index contributed by atoms with van der Waals surface area (Å²) in [5.74, 6) is -0.814. The van der Waals surface area contributed by atoms with Gasteiger partial charge in [-0.2, -0.15) is 5.26 Å². The van der Waals surface area contributed by atoms with Gasteiger partial charge in [-0.15, -0.1) is 4.99 Å². The molecule has 6 nitrogen and oxygen atoms in total. The van der Waals surface area contributed by atoms with Crippen LogP contribution >= 0.6 is 34.8 Å². The third-order valence-electron chi connectivity index (χ3n) is 3.36. The van der Waals surface area contributed by atoms with E-state index in [1.165, 1.54) is 24.3 Å². The Bertz CT molecular complexity index is 914. The van der Waals surface area contributed by atoms with Crippen molar-refractivity contribution in [1.82, 2.24) is 10.6 Å². The maximum atomic E-state index is 13.3. The zero-order valence-corrected chi connectivity index (χ0v) is 16.6. The van der Waals surface area contributed by atoms with Crippen molar-refractivity contribution in [3.8, 4) is 6.19 Å². The van der Waals surface area contributed by atoms with E-state index in [1.54, 1.807) is 30.5 Å². The molecule has 10 heteroatoms. The second-order valence-corrected chi connectivity index (χ2v) is 7.68. The van der Waals surface area contributed by atoms with Crippen LogP contribution in [0.4, 0.5) is 10.1 Å². The number of carbonyl (C=O) groups excluding carboxylic acids is 1. The number of anilines is 1. The van der Waals surface area contributed by atoms with Crippen LogP contribution in [0.2, 0.25) is 5.02 Å². The molecule has 0 aromatic heterocycles. The number of hydrogen-bond acceptors (Lipinski definition) is 3. The van der Waals surface area contributed by atoms with Gasteiger partial charge in [-0.3, -0.25) is 4.79 Å². The smallest absolute Gasteiger partial charge is 0.251 e. The molecular formula is C18H15Cl3FN5O. The van der Waals surface area contributed by atoms with Crippen molar-refractivity contribution in [3.05, 3.63) is 64.9 Å². The molecule has 0 aliphatic rings. The number of guanidine groups is 1. The predicted molar refractivity (Wildman–Crippen MR) is 109 cm³/mol. The summed E-state index contributed by atoms with van der Waals surface area (Å²) in [6, 6.07) is 12.0. The van der Waals surface area contributed by atoms with E-state index in [2.05, 4.69) is 20.9 Å². The molecule has 0 radical (unpaired) electrons. The Hall–Kier alpha value is -2.53. The molecule has 2 aromatic rings. The maximum absolute atomic E-state index is 13.3. The summed E-state index contributed by atoms with van der Waals surface area (Å²) in [5.41, 5.74) is 0.745. The van der Waals surface area contributed by atoms with Gasteiger partial charge >= 0.3 is 0 Å². The summed E-state index contributed by atoms with van der Waals surface area (Å²) in [7, 11) is 0. The Balaban J connectivity index is 1.91. The van der Waals surface area contributed by atoms with Gasteiger partial charge in [0.1, 0.15) is 5.82 Å². The summed E-state index contributed by atoms with van der Waals surface area (Å²) >= 11 is 18.3. The molecule has 2 rings (SSSR count). The van der Waals surface area contributed by atoms with Crippen LogP contribution in [0.25, 0.3) is 0 Å². The highest BCUT2D eigenvalue weighted by atomic mass is 35.5. The second-order valence-electron chi connectivity index (χ2n) is 5.60. The van der Waals surface area contributed by atoms with E-state index < -0.39 is 16.1 Å². The van der Waals surface area contributed by atoms with E-state index in [4.69, 9.17) is 40.1 Å². The normalized spacial score (nSPS) is 11.5. The highest BCUT2D eigenvalue weighted by Gasteiger charge is 2.25. The molecule has 0 atom stereocenters. The molecule has 2 aromatic carbocycles. The highest BCUT2D eigenvalue weighted by Crippen LogP contribution is 2.19. The molecule has 0 saturated heterocycles. The van der Waals surface area contributed by atoms with Gasteiger partial charge in [-0.1, -0.05) is 46.9 Å². The number of nitrogens with one attached hydrogen (secondary N) is 3. The van der Waals surface area contributed by atoms with Gasteiger partial charge in [0.05, 0.1) is 13.1 Å². The van der Waals surface area contributed by atoms with Crippen LogP contribution in [-0.2, 0) is 0 Å². The summed E-state index contributed by atoms with van der Waals surface area (Å²) in [6.45, 7) is -0.150. The van der Waals surface area contributed by atoms with E-state index >= 15 is 0 Å². The first kappa shape index (κ1) is 21.8. The van der Waals surface area contributed by atoms with Crippen molar-refractivity contribution in [3.63, 3.8) is 0 Å². The maximum Gasteiger partial charge on any atom is 0.251 e. The van der Waals surface area contributed by atoms with Crippen LogP contribution in [0.1, 0.15) is 10.4 Å². The number of rotatable bonds is 6. The fraction of sp³-hybridized carbons (Fsp3) is 0.167. The summed E-state index contributed by atoms with van der Waals surface area (Å²) in [6.07, 6.45) is 1.62. The van der Waals surface area contributed by atoms with Crippen LogP contribution in [0.15, 0.2) is 53.5 Å². The van der Waals surface area contributed by atoms with Gasteiger partial charge in [0.15, 0.2) is 4.33 Å². The third kappa shape index (κ3) is 7.24. The van der Waals surface area contributed by atoms with Crippen molar-refractivity contribution in [2.75, 3.05) is 18.4 Å². The number of carbonyl (C=O) groups is 1. The quantitative estimate of drug-likeness (QED) is 0.274. The van der Waals surface area contributed by atoms with Crippen LogP contribution in [0, 0.1) is 17.3 Å². The number of aliphatic imine (C=N–C) groups is 1. The van der Waals surface area contributed by atoms with E-state index in [-0.39, 0.29) is 19.0 Å². The van der Waals surface area contributed by atoms with Gasteiger partial charge < -0.3 is 16.0 Å². The standard InChI is InChI=1S/C18H15Cl3FN5O/c19-13-4-1-3-12(7-13)16(28)24-9-18(20,21)10-25-17(26-11-23)27-15-6-2-5-14(22)8-15/h1-8H,9-10H2,(H,24,28)(H2,25,26,27). The minimum atomic E-state index is -1.41. The molecule has 28 heavy (non-hydrogen) atoms. The number of amides is 1. The molecule has 3 N–H and O–H groups in total. The molecule has 0 fully saturated rings. The van der Waals surface area contributed by atoms with Gasteiger partial charge in [0.25, 0.3) is 5.91 Å². The molecule has 146 valence electrons. The van der Waals surface area contributed by atoms with E-state index in [9.17, 15) is 9.18 Å². The van der Waals surface area contributed by atoms with E-state index in [1.807, 2.05) is 0 Å². The first-order valence-corrected chi connectivity index (χ1v) is 9.07. The first-order chi connectivity index (χ1) is 13.3. The third-order valence-corrected chi connectivity index (χ3v) is 4.13. The molecule has 0 aliphatic carbocycles. The molecule has 0 bridgehead atoms. The Kier molecular flexibility index (Phi) is 7.88. The summed E-state index contributed by atoms with van der Waals surface area (Å²) < 4.78 is 11.9. The second kappa shape index (κ2) is 10.1. The van der Waals surface area contributed by atoms with Crippen LogP contribution in [-0.4, -0.2) is 29.3 Å². The van der Waals surface area contributed by atoms with E-state index in [0.717, 1.165) is 0 Å². The lowest BCUT2D eigenvalue weighted by atomic mass is 10.2. The van der Waals surface area contributed by atoms with Crippen LogP contribution in [0.3, 0.4) is 0 Å². The molecule has 0 saturated carbocycles. The number of hydrogen-bond donors (Lipinski definition) is 3. The number of nitriles is 1. The van der Waals surface area contributed by atoms with Crippen molar-refractivity contribution in [1.29, 1.82) is 5.26 Å². The van der Waals surface area contributed by atoms with Crippen molar-refractivity contribution >= 4 is 52.4 Å². The zero-order chi connectivity index (χ0) is 20.6.